The van der Waals surface area contributed by atoms with Gasteiger partial charge in [-0.2, -0.15) is 0 Å². The summed E-state index contributed by atoms with van der Waals surface area (Å²) in [7, 11) is 0. The first-order valence-corrected chi connectivity index (χ1v) is 7.29. The van der Waals surface area contributed by atoms with Crippen LogP contribution in [0.5, 0.6) is 5.75 Å². The molecule has 21 heavy (non-hydrogen) atoms. The minimum absolute atomic E-state index is 0.0508. The van der Waals surface area contributed by atoms with Gasteiger partial charge >= 0.3 is 0 Å². The second-order valence-electron chi connectivity index (χ2n) is 5.22. The third kappa shape index (κ3) is 4.05. The summed E-state index contributed by atoms with van der Waals surface area (Å²) in [6.45, 7) is 7.09. The van der Waals surface area contributed by atoms with E-state index in [1.165, 1.54) is 5.56 Å². The van der Waals surface area contributed by atoms with Crippen molar-refractivity contribution in [3.63, 3.8) is 0 Å². The molecule has 2 aromatic carbocycles. The lowest BCUT2D eigenvalue weighted by molar-refractivity contribution is 0.256. The van der Waals surface area contributed by atoms with E-state index in [0.717, 1.165) is 12.1 Å². The van der Waals surface area contributed by atoms with E-state index in [9.17, 15) is 4.39 Å². The average molecular weight is 287 g/mol. The molecule has 1 atom stereocenters. The molecule has 0 aliphatic rings. The van der Waals surface area contributed by atoms with E-state index in [2.05, 4.69) is 37.4 Å². The first kappa shape index (κ1) is 15.5. The Balaban J connectivity index is 2.12. The van der Waals surface area contributed by atoms with E-state index in [0.29, 0.717) is 17.9 Å². The zero-order chi connectivity index (χ0) is 15.2. The number of hydrogen-bond acceptors (Lipinski definition) is 2. The van der Waals surface area contributed by atoms with Crippen molar-refractivity contribution in [1.29, 1.82) is 0 Å². The fraction of sp³-hybridized carbons (Fsp3) is 0.333. The van der Waals surface area contributed by atoms with Crippen LogP contribution in [0.3, 0.4) is 0 Å². The maximum absolute atomic E-state index is 14.0. The Bertz CT molecular complexity index is 598. The molecular formula is C18H22FNO. The highest BCUT2D eigenvalue weighted by Crippen LogP contribution is 2.22. The van der Waals surface area contributed by atoms with Crippen LogP contribution in [0.2, 0.25) is 0 Å². The van der Waals surface area contributed by atoms with Crippen LogP contribution < -0.4 is 10.1 Å². The van der Waals surface area contributed by atoms with Crippen molar-refractivity contribution in [2.45, 2.75) is 26.8 Å². The summed E-state index contributed by atoms with van der Waals surface area (Å²) < 4.78 is 19.6. The molecule has 0 fully saturated rings. The van der Waals surface area contributed by atoms with Crippen molar-refractivity contribution in [2.75, 3.05) is 13.2 Å². The second-order valence-corrected chi connectivity index (χ2v) is 5.22. The lowest BCUT2D eigenvalue weighted by Crippen LogP contribution is -2.26. The van der Waals surface area contributed by atoms with Gasteiger partial charge in [-0.1, -0.05) is 48.9 Å². The topological polar surface area (TPSA) is 21.3 Å². The first-order chi connectivity index (χ1) is 10.1. The van der Waals surface area contributed by atoms with E-state index < -0.39 is 0 Å². The fourth-order valence-electron chi connectivity index (χ4n) is 2.31. The molecule has 2 aromatic rings. The van der Waals surface area contributed by atoms with Crippen LogP contribution in [0, 0.1) is 19.7 Å². The molecule has 1 N–H and O–H groups in total. The Morgan fingerprint density at radius 3 is 2.62 bits per heavy atom. The third-order valence-corrected chi connectivity index (χ3v) is 3.46. The lowest BCUT2D eigenvalue weighted by atomic mass is 10.1. The number of halogens is 1. The monoisotopic (exact) mass is 287 g/mol. The second kappa shape index (κ2) is 7.23. The molecule has 2 rings (SSSR count). The van der Waals surface area contributed by atoms with Crippen molar-refractivity contribution in [3.8, 4) is 5.75 Å². The van der Waals surface area contributed by atoms with Crippen LogP contribution in [0.4, 0.5) is 4.39 Å². The van der Waals surface area contributed by atoms with E-state index in [1.54, 1.807) is 19.1 Å². The number of nitrogens with one attached hydrogen (secondary N) is 1. The average Bonchev–Trinajstić information content (AvgIpc) is 2.47. The maximum atomic E-state index is 14.0. The highest BCUT2D eigenvalue weighted by Gasteiger charge is 2.13. The SMILES string of the molecule is CCNC(COc1cccc(C)c1F)c1cccc(C)c1. The molecular weight excluding hydrogens is 265 g/mol. The lowest BCUT2D eigenvalue weighted by Gasteiger charge is -2.20. The minimum atomic E-state index is -0.281. The van der Waals surface area contributed by atoms with Gasteiger partial charge in [0.2, 0.25) is 0 Å². The molecule has 0 radical (unpaired) electrons. The number of likely N-dealkylation sites (N-methyl/N-ethyl adjacent to an activating group) is 1. The summed E-state index contributed by atoms with van der Waals surface area (Å²) in [5, 5.41) is 3.38. The van der Waals surface area contributed by atoms with Crippen molar-refractivity contribution in [3.05, 3.63) is 65.0 Å². The van der Waals surface area contributed by atoms with Crippen LogP contribution in [-0.4, -0.2) is 13.2 Å². The highest BCUT2D eigenvalue weighted by atomic mass is 19.1. The molecule has 0 aliphatic heterocycles. The number of ether oxygens (including phenoxy) is 1. The number of rotatable bonds is 6. The molecule has 0 saturated carbocycles. The van der Waals surface area contributed by atoms with Gasteiger partial charge in [0.25, 0.3) is 0 Å². The molecule has 0 aromatic heterocycles. The summed E-state index contributed by atoms with van der Waals surface area (Å²) in [6, 6.07) is 13.6. The molecule has 3 heteroatoms. The van der Waals surface area contributed by atoms with E-state index in [1.807, 2.05) is 12.1 Å². The van der Waals surface area contributed by atoms with Gasteiger partial charge in [0.1, 0.15) is 6.61 Å². The number of aryl methyl sites for hydroxylation is 2. The van der Waals surface area contributed by atoms with Gasteiger partial charge in [-0.3, -0.25) is 0 Å². The van der Waals surface area contributed by atoms with E-state index in [-0.39, 0.29) is 11.9 Å². The van der Waals surface area contributed by atoms with E-state index in [4.69, 9.17) is 4.74 Å². The van der Waals surface area contributed by atoms with Crippen LogP contribution in [-0.2, 0) is 0 Å². The predicted octanol–water partition coefficient (Wildman–Crippen LogP) is 4.17. The minimum Gasteiger partial charge on any atom is -0.489 e. The predicted molar refractivity (Wildman–Crippen MR) is 84.2 cm³/mol. The summed E-state index contributed by atoms with van der Waals surface area (Å²) in [5.41, 5.74) is 2.96. The van der Waals surface area contributed by atoms with Crippen molar-refractivity contribution in [2.24, 2.45) is 0 Å². The fourth-order valence-corrected chi connectivity index (χ4v) is 2.31. The standard InChI is InChI=1S/C18H22FNO/c1-4-20-16(15-9-5-7-13(2)11-15)12-21-17-10-6-8-14(3)18(17)19/h5-11,16,20H,4,12H2,1-3H3. The normalized spacial score (nSPS) is 12.2. The van der Waals surface area contributed by atoms with Gasteiger partial charge in [-0.05, 0) is 37.6 Å². The van der Waals surface area contributed by atoms with Gasteiger partial charge in [0.05, 0.1) is 6.04 Å². The molecule has 0 aliphatic carbocycles. The van der Waals surface area contributed by atoms with Gasteiger partial charge < -0.3 is 10.1 Å². The summed E-state index contributed by atoms with van der Waals surface area (Å²) in [6.07, 6.45) is 0. The molecule has 0 heterocycles. The van der Waals surface area contributed by atoms with Crippen molar-refractivity contribution in [1.82, 2.24) is 5.32 Å². The Morgan fingerprint density at radius 2 is 1.90 bits per heavy atom. The van der Waals surface area contributed by atoms with Gasteiger partial charge in [0.15, 0.2) is 11.6 Å². The smallest absolute Gasteiger partial charge is 0.167 e. The maximum Gasteiger partial charge on any atom is 0.167 e. The van der Waals surface area contributed by atoms with Gasteiger partial charge in [-0.25, -0.2) is 4.39 Å². The Labute approximate surface area is 126 Å². The molecule has 0 spiro atoms. The van der Waals surface area contributed by atoms with Crippen molar-refractivity contribution >= 4 is 0 Å². The van der Waals surface area contributed by atoms with Gasteiger partial charge in [-0.15, -0.1) is 0 Å². The zero-order valence-corrected chi connectivity index (χ0v) is 12.8. The van der Waals surface area contributed by atoms with Gasteiger partial charge in [0, 0.05) is 0 Å². The molecule has 0 bridgehead atoms. The zero-order valence-electron chi connectivity index (χ0n) is 12.8. The Morgan fingerprint density at radius 1 is 1.14 bits per heavy atom. The largest absolute Gasteiger partial charge is 0.489 e. The van der Waals surface area contributed by atoms with Crippen LogP contribution in [0.25, 0.3) is 0 Å². The third-order valence-electron chi connectivity index (χ3n) is 3.46. The Hall–Kier alpha value is -1.87. The van der Waals surface area contributed by atoms with Crippen LogP contribution >= 0.6 is 0 Å². The number of hydrogen-bond donors (Lipinski definition) is 1. The molecule has 112 valence electrons. The highest BCUT2D eigenvalue weighted by molar-refractivity contribution is 5.30. The molecule has 2 nitrogen and oxygen atoms in total. The summed E-state index contributed by atoms with van der Waals surface area (Å²) in [5.74, 6) is 0.0301. The summed E-state index contributed by atoms with van der Waals surface area (Å²) >= 11 is 0. The Kier molecular flexibility index (Phi) is 5.34. The first-order valence-electron chi connectivity index (χ1n) is 7.29. The molecule has 0 saturated heterocycles. The van der Waals surface area contributed by atoms with Crippen molar-refractivity contribution < 1.29 is 9.13 Å². The van der Waals surface area contributed by atoms with E-state index >= 15 is 0 Å². The number of benzene rings is 2. The summed E-state index contributed by atoms with van der Waals surface area (Å²) in [4.78, 5) is 0. The molecule has 1 unspecified atom stereocenters. The van der Waals surface area contributed by atoms with Crippen LogP contribution in [0.1, 0.15) is 29.7 Å². The van der Waals surface area contributed by atoms with Crippen LogP contribution in [0.15, 0.2) is 42.5 Å². The molecule has 0 amide bonds. The quantitative estimate of drug-likeness (QED) is 0.861.